The summed E-state index contributed by atoms with van der Waals surface area (Å²) in [6.45, 7) is 0.552. The fourth-order valence-electron chi connectivity index (χ4n) is 1.97. The molecule has 1 rings (SSSR count). The predicted octanol–water partition coefficient (Wildman–Crippen LogP) is 1.20. The van der Waals surface area contributed by atoms with Gasteiger partial charge in [-0.25, -0.2) is 13.1 Å². The van der Waals surface area contributed by atoms with E-state index in [1.165, 1.54) is 19.2 Å². The summed E-state index contributed by atoms with van der Waals surface area (Å²) in [5, 5.41) is 2.72. The summed E-state index contributed by atoms with van der Waals surface area (Å²) in [4.78, 5) is 22.7. The van der Waals surface area contributed by atoms with Gasteiger partial charge in [0.25, 0.3) is 0 Å². The Bertz CT molecular complexity index is 617. The molecule has 0 heterocycles. The molecule has 0 bridgehead atoms. The molecule has 1 aromatic rings. The molecule has 0 aliphatic rings. The SMILES string of the molecule is COC(=O)CCCCCNC(=O)CCNS(=O)(=O)c1ccccc1. The first-order chi connectivity index (χ1) is 11.5. The van der Waals surface area contributed by atoms with Crippen molar-refractivity contribution >= 4 is 21.9 Å². The van der Waals surface area contributed by atoms with E-state index in [1.54, 1.807) is 18.2 Å². The average Bonchev–Trinajstić information content (AvgIpc) is 2.58. The molecule has 0 saturated heterocycles. The van der Waals surface area contributed by atoms with Crippen molar-refractivity contribution in [2.75, 3.05) is 20.2 Å². The van der Waals surface area contributed by atoms with Crippen LogP contribution in [0.1, 0.15) is 32.1 Å². The Labute approximate surface area is 142 Å². The van der Waals surface area contributed by atoms with Gasteiger partial charge in [0.2, 0.25) is 15.9 Å². The molecular weight excluding hydrogens is 332 g/mol. The van der Waals surface area contributed by atoms with Gasteiger partial charge in [0, 0.05) is 25.9 Å². The van der Waals surface area contributed by atoms with Gasteiger partial charge in [0.15, 0.2) is 0 Å². The minimum Gasteiger partial charge on any atom is -0.469 e. The number of nitrogens with one attached hydrogen (secondary N) is 2. The Morgan fingerprint density at radius 1 is 1.00 bits per heavy atom. The number of rotatable bonds is 11. The molecule has 0 atom stereocenters. The van der Waals surface area contributed by atoms with Gasteiger partial charge in [-0.3, -0.25) is 9.59 Å². The monoisotopic (exact) mass is 356 g/mol. The number of unbranched alkanes of at least 4 members (excludes halogenated alkanes) is 2. The van der Waals surface area contributed by atoms with E-state index in [9.17, 15) is 18.0 Å². The summed E-state index contributed by atoms with van der Waals surface area (Å²) in [7, 11) is -2.22. The number of carbonyl (C=O) groups is 2. The first kappa shape index (κ1) is 20.1. The summed E-state index contributed by atoms with van der Waals surface area (Å²) in [5.74, 6) is -0.441. The molecular formula is C16H24N2O5S. The standard InChI is InChI=1S/C16H24N2O5S/c1-23-16(20)10-6-3-7-12-17-15(19)11-13-18-24(21,22)14-8-4-2-5-9-14/h2,4-5,8-9,18H,3,6-7,10-13H2,1H3,(H,17,19). The summed E-state index contributed by atoms with van der Waals surface area (Å²) >= 11 is 0. The Morgan fingerprint density at radius 2 is 1.71 bits per heavy atom. The van der Waals surface area contributed by atoms with Crippen LogP contribution < -0.4 is 10.0 Å². The topological polar surface area (TPSA) is 102 Å². The highest BCUT2D eigenvalue weighted by atomic mass is 32.2. The predicted molar refractivity (Wildman–Crippen MR) is 89.7 cm³/mol. The van der Waals surface area contributed by atoms with Crippen LogP contribution in [0.4, 0.5) is 0 Å². The van der Waals surface area contributed by atoms with Gasteiger partial charge >= 0.3 is 5.97 Å². The van der Waals surface area contributed by atoms with Crippen molar-refractivity contribution in [3.8, 4) is 0 Å². The van der Waals surface area contributed by atoms with Crippen molar-refractivity contribution < 1.29 is 22.7 Å². The van der Waals surface area contributed by atoms with Crippen molar-refractivity contribution in [3.05, 3.63) is 30.3 Å². The first-order valence-corrected chi connectivity index (χ1v) is 9.32. The summed E-state index contributed by atoms with van der Waals surface area (Å²) in [6, 6.07) is 8.01. The van der Waals surface area contributed by atoms with Gasteiger partial charge in [0.05, 0.1) is 12.0 Å². The maximum absolute atomic E-state index is 11.9. The second-order valence-electron chi connectivity index (χ2n) is 5.20. The number of amides is 1. The van der Waals surface area contributed by atoms with Crippen LogP contribution in [0.5, 0.6) is 0 Å². The van der Waals surface area contributed by atoms with Crippen LogP contribution in [0.15, 0.2) is 35.2 Å². The molecule has 134 valence electrons. The van der Waals surface area contributed by atoms with E-state index in [0.717, 1.165) is 19.3 Å². The van der Waals surface area contributed by atoms with Crippen LogP contribution in [0, 0.1) is 0 Å². The van der Waals surface area contributed by atoms with E-state index in [1.807, 2.05) is 0 Å². The molecule has 7 nitrogen and oxygen atoms in total. The summed E-state index contributed by atoms with van der Waals surface area (Å²) in [5.41, 5.74) is 0. The number of benzene rings is 1. The van der Waals surface area contributed by atoms with Crippen molar-refractivity contribution in [2.45, 2.75) is 37.0 Å². The van der Waals surface area contributed by atoms with Crippen LogP contribution in [0.25, 0.3) is 0 Å². The molecule has 0 spiro atoms. The zero-order chi connectivity index (χ0) is 17.8. The van der Waals surface area contributed by atoms with E-state index in [0.29, 0.717) is 13.0 Å². The fourth-order valence-corrected chi connectivity index (χ4v) is 3.02. The lowest BCUT2D eigenvalue weighted by Crippen LogP contribution is -2.31. The molecule has 0 saturated carbocycles. The molecule has 0 aliphatic heterocycles. The lowest BCUT2D eigenvalue weighted by atomic mass is 10.2. The highest BCUT2D eigenvalue weighted by Crippen LogP contribution is 2.06. The lowest BCUT2D eigenvalue weighted by molar-refractivity contribution is -0.140. The second-order valence-corrected chi connectivity index (χ2v) is 6.96. The van der Waals surface area contributed by atoms with Crippen LogP contribution in [-0.2, 0) is 24.3 Å². The molecule has 0 fully saturated rings. The van der Waals surface area contributed by atoms with Gasteiger partial charge in [-0.05, 0) is 25.0 Å². The molecule has 1 amide bonds. The number of methoxy groups -OCH3 is 1. The van der Waals surface area contributed by atoms with Crippen molar-refractivity contribution in [1.29, 1.82) is 0 Å². The van der Waals surface area contributed by atoms with Crippen LogP contribution in [-0.4, -0.2) is 40.5 Å². The molecule has 2 N–H and O–H groups in total. The lowest BCUT2D eigenvalue weighted by Gasteiger charge is -2.07. The van der Waals surface area contributed by atoms with E-state index in [2.05, 4.69) is 14.8 Å². The van der Waals surface area contributed by atoms with Crippen molar-refractivity contribution in [2.24, 2.45) is 0 Å². The molecule has 0 aliphatic carbocycles. The quantitative estimate of drug-likeness (QED) is 0.458. The Morgan fingerprint density at radius 3 is 2.38 bits per heavy atom. The van der Waals surface area contributed by atoms with Gasteiger partial charge in [0.1, 0.15) is 0 Å². The summed E-state index contributed by atoms with van der Waals surface area (Å²) < 4.78 is 30.8. The third-order valence-corrected chi connectivity index (χ3v) is 4.78. The maximum Gasteiger partial charge on any atom is 0.305 e. The van der Waals surface area contributed by atoms with E-state index in [-0.39, 0.29) is 29.7 Å². The molecule has 24 heavy (non-hydrogen) atoms. The molecule has 0 unspecified atom stereocenters. The zero-order valence-corrected chi connectivity index (χ0v) is 14.6. The van der Waals surface area contributed by atoms with Crippen LogP contribution >= 0.6 is 0 Å². The highest BCUT2D eigenvalue weighted by Gasteiger charge is 2.13. The Kier molecular flexibility index (Phi) is 9.03. The molecule has 8 heteroatoms. The molecule has 0 aromatic heterocycles. The average molecular weight is 356 g/mol. The number of hydrogen-bond donors (Lipinski definition) is 2. The third-order valence-electron chi connectivity index (χ3n) is 3.31. The Hall–Kier alpha value is -1.93. The normalized spacial score (nSPS) is 11.0. The summed E-state index contributed by atoms with van der Waals surface area (Å²) in [6.07, 6.45) is 2.76. The fraction of sp³-hybridized carbons (Fsp3) is 0.500. The van der Waals surface area contributed by atoms with Crippen LogP contribution in [0.3, 0.4) is 0 Å². The minimum atomic E-state index is -3.57. The van der Waals surface area contributed by atoms with E-state index < -0.39 is 10.0 Å². The second kappa shape index (κ2) is 10.8. The number of ether oxygens (including phenoxy) is 1. The van der Waals surface area contributed by atoms with Gasteiger partial charge in [-0.15, -0.1) is 0 Å². The number of sulfonamides is 1. The maximum atomic E-state index is 11.9. The van der Waals surface area contributed by atoms with E-state index in [4.69, 9.17) is 0 Å². The number of esters is 1. The van der Waals surface area contributed by atoms with Crippen molar-refractivity contribution in [3.63, 3.8) is 0 Å². The third kappa shape index (κ3) is 8.07. The smallest absolute Gasteiger partial charge is 0.305 e. The van der Waals surface area contributed by atoms with Gasteiger partial charge in [-0.2, -0.15) is 0 Å². The molecule has 0 radical (unpaired) electrons. The Balaban J connectivity index is 2.13. The largest absolute Gasteiger partial charge is 0.469 e. The van der Waals surface area contributed by atoms with Crippen molar-refractivity contribution in [1.82, 2.24) is 10.0 Å². The minimum absolute atomic E-state index is 0.0470. The number of carbonyl (C=O) groups excluding carboxylic acids is 2. The van der Waals surface area contributed by atoms with E-state index >= 15 is 0 Å². The van der Waals surface area contributed by atoms with Crippen LogP contribution in [0.2, 0.25) is 0 Å². The molecule has 1 aromatic carbocycles. The number of hydrogen-bond acceptors (Lipinski definition) is 5. The van der Waals surface area contributed by atoms with Gasteiger partial charge < -0.3 is 10.1 Å². The zero-order valence-electron chi connectivity index (χ0n) is 13.8. The highest BCUT2D eigenvalue weighted by molar-refractivity contribution is 7.89. The van der Waals surface area contributed by atoms with Gasteiger partial charge in [-0.1, -0.05) is 24.6 Å². The first-order valence-electron chi connectivity index (χ1n) is 7.84.